The van der Waals surface area contributed by atoms with Crippen LogP contribution in [0.3, 0.4) is 0 Å². The second kappa shape index (κ2) is 4.49. The van der Waals surface area contributed by atoms with Gasteiger partial charge >= 0.3 is 6.09 Å². The van der Waals surface area contributed by atoms with E-state index in [4.69, 9.17) is 10.5 Å². The Morgan fingerprint density at radius 3 is 2.94 bits per heavy atom. The van der Waals surface area contributed by atoms with E-state index in [2.05, 4.69) is 0 Å². The summed E-state index contributed by atoms with van der Waals surface area (Å²) >= 11 is 0. The van der Waals surface area contributed by atoms with Crippen molar-refractivity contribution in [2.75, 3.05) is 13.2 Å². The van der Waals surface area contributed by atoms with Crippen molar-refractivity contribution in [2.24, 2.45) is 5.73 Å². The molecular weight excluding hydrogens is 211 g/mol. The lowest BCUT2D eigenvalue weighted by Gasteiger charge is -2.13. The topological polar surface area (TPSA) is 55.6 Å². The lowest BCUT2D eigenvalue weighted by molar-refractivity contribution is 0.157. The van der Waals surface area contributed by atoms with Crippen LogP contribution in [-0.2, 0) is 17.8 Å². The summed E-state index contributed by atoms with van der Waals surface area (Å²) in [6.07, 6.45) is -0.391. The molecule has 0 atom stereocenters. The van der Waals surface area contributed by atoms with Crippen LogP contribution in [0.2, 0.25) is 0 Å². The number of carbonyl (C=O) groups excluding carboxylic acids is 1. The average Bonchev–Trinajstić information content (AvgIpc) is 2.68. The number of halogens is 1. The summed E-state index contributed by atoms with van der Waals surface area (Å²) in [5, 5.41) is 0. The smallest absolute Gasteiger partial charge is 0.410 e. The van der Waals surface area contributed by atoms with Crippen LogP contribution in [0.15, 0.2) is 18.2 Å². The number of benzene rings is 1. The summed E-state index contributed by atoms with van der Waals surface area (Å²) in [6, 6.07) is 4.70. The maximum absolute atomic E-state index is 13.5. The monoisotopic (exact) mass is 224 g/mol. The summed E-state index contributed by atoms with van der Waals surface area (Å²) < 4.78 is 18.2. The SMILES string of the molecule is NCc1ccc(F)c(CN2CCOC2=O)c1. The fourth-order valence-corrected chi connectivity index (χ4v) is 1.65. The molecule has 0 bridgehead atoms. The fraction of sp³-hybridized carbons (Fsp3) is 0.364. The first-order chi connectivity index (χ1) is 7.70. The van der Waals surface area contributed by atoms with Gasteiger partial charge < -0.3 is 15.4 Å². The van der Waals surface area contributed by atoms with E-state index in [1.807, 2.05) is 0 Å². The van der Waals surface area contributed by atoms with Gasteiger partial charge in [0.2, 0.25) is 0 Å². The van der Waals surface area contributed by atoms with Gasteiger partial charge in [-0.1, -0.05) is 6.07 Å². The maximum Gasteiger partial charge on any atom is 0.410 e. The summed E-state index contributed by atoms with van der Waals surface area (Å²) in [5.74, 6) is -0.322. The van der Waals surface area contributed by atoms with Gasteiger partial charge in [0.25, 0.3) is 0 Å². The predicted molar refractivity (Wildman–Crippen MR) is 56.0 cm³/mol. The standard InChI is InChI=1S/C11H13FN2O2/c12-10-2-1-8(6-13)5-9(10)7-14-3-4-16-11(14)15/h1-2,5H,3-4,6-7,13H2. The lowest BCUT2D eigenvalue weighted by atomic mass is 10.1. The molecule has 16 heavy (non-hydrogen) atoms. The number of rotatable bonds is 3. The molecule has 0 unspecified atom stereocenters. The van der Waals surface area contributed by atoms with Gasteiger partial charge in [-0.2, -0.15) is 0 Å². The molecule has 2 N–H and O–H groups in total. The van der Waals surface area contributed by atoms with Gasteiger partial charge in [0.1, 0.15) is 12.4 Å². The van der Waals surface area contributed by atoms with Crippen molar-refractivity contribution >= 4 is 6.09 Å². The van der Waals surface area contributed by atoms with Crippen molar-refractivity contribution in [2.45, 2.75) is 13.1 Å². The molecule has 2 rings (SSSR count). The predicted octanol–water partition coefficient (Wildman–Crippen LogP) is 1.24. The summed E-state index contributed by atoms with van der Waals surface area (Å²) in [6.45, 7) is 1.47. The molecule has 1 aromatic rings. The van der Waals surface area contributed by atoms with E-state index in [0.29, 0.717) is 25.3 Å². The minimum absolute atomic E-state index is 0.235. The molecule has 4 nitrogen and oxygen atoms in total. The number of cyclic esters (lactones) is 1. The highest BCUT2D eigenvalue weighted by molar-refractivity contribution is 5.69. The molecule has 86 valence electrons. The quantitative estimate of drug-likeness (QED) is 0.840. The van der Waals surface area contributed by atoms with Crippen LogP contribution in [0, 0.1) is 5.82 Å². The van der Waals surface area contributed by atoms with Gasteiger partial charge in [-0.25, -0.2) is 9.18 Å². The Kier molecular flexibility index (Phi) is 3.05. The molecule has 1 aliphatic rings. The molecule has 0 radical (unpaired) electrons. The largest absolute Gasteiger partial charge is 0.448 e. The van der Waals surface area contributed by atoms with Gasteiger partial charge in [-0.05, 0) is 17.7 Å². The third-order valence-corrected chi connectivity index (χ3v) is 2.55. The third kappa shape index (κ3) is 2.14. The normalized spacial score (nSPS) is 15.4. The van der Waals surface area contributed by atoms with E-state index in [1.54, 1.807) is 12.1 Å². The number of ether oxygens (including phenoxy) is 1. The highest BCUT2D eigenvalue weighted by Crippen LogP contribution is 2.15. The number of hydrogen-bond acceptors (Lipinski definition) is 3. The number of nitrogens with zero attached hydrogens (tertiary/aromatic N) is 1. The molecule has 0 spiro atoms. The molecule has 1 fully saturated rings. The number of nitrogens with two attached hydrogens (primary N) is 1. The van der Waals surface area contributed by atoms with Crippen molar-refractivity contribution in [3.05, 3.63) is 35.1 Å². The number of carbonyl (C=O) groups is 1. The molecule has 1 saturated heterocycles. The van der Waals surface area contributed by atoms with Crippen LogP contribution >= 0.6 is 0 Å². The molecule has 5 heteroatoms. The summed E-state index contributed by atoms with van der Waals surface area (Å²) in [7, 11) is 0. The summed E-state index contributed by atoms with van der Waals surface area (Å²) in [4.78, 5) is 12.7. The van der Waals surface area contributed by atoms with Crippen LogP contribution in [0.4, 0.5) is 9.18 Å². The number of hydrogen-bond donors (Lipinski definition) is 1. The molecule has 0 aromatic heterocycles. The molecule has 1 aromatic carbocycles. The molecule has 0 aliphatic carbocycles. The lowest BCUT2D eigenvalue weighted by Crippen LogP contribution is -2.24. The molecule has 1 aliphatic heterocycles. The number of amides is 1. The van der Waals surface area contributed by atoms with Crippen LogP contribution in [0.1, 0.15) is 11.1 Å². The van der Waals surface area contributed by atoms with E-state index in [9.17, 15) is 9.18 Å². The third-order valence-electron chi connectivity index (χ3n) is 2.55. The van der Waals surface area contributed by atoms with Gasteiger partial charge in [-0.3, -0.25) is 0 Å². The van der Waals surface area contributed by atoms with Crippen molar-refractivity contribution in [3.63, 3.8) is 0 Å². The first-order valence-corrected chi connectivity index (χ1v) is 5.10. The average molecular weight is 224 g/mol. The van der Waals surface area contributed by atoms with Crippen LogP contribution in [-0.4, -0.2) is 24.1 Å². The second-order valence-electron chi connectivity index (χ2n) is 3.67. The summed E-state index contributed by atoms with van der Waals surface area (Å²) in [5.41, 5.74) is 6.80. The van der Waals surface area contributed by atoms with E-state index < -0.39 is 6.09 Å². The van der Waals surface area contributed by atoms with Crippen molar-refractivity contribution in [1.29, 1.82) is 0 Å². The van der Waals surface area contributed by atoms with Crippen LogP contribution in [0.25, 0.3) is 0 Å². The molecule has 0 saturated carbocycles. The second-order valence-corrected chi connectivity index (χ2v) is 3.67. The van der Waals surface area contributed by atoms with E-state index in [1.165, 1.54) is 11.0 Å². The minimum atomic E-state index is -0.391. The molecule has 1 amide bonds. The van der Waals surface area contributed by atoms with Gasteiger partial charge in [0.05, 0.1) is 13.1 Å². The Bertz CT molecular complexity index is 409. The maximum atomic E-state index is 13.5. The highest BCUT2D eigenvalue weighted by Gasteiger charge is 2.22. The fourth-order valence-electron chi connectivity index (χ4n) is 1.65. The van der Waals surface area contributed by atoms with Crippen molar-refractivity contribution in [3.8, 4) is 0 Å². The Balaban J connectivity index is 2.16. The van der Waals surface area contributed by atoms with Crippen molar-refractivity contribution in [1.82, 2.24) is 4.90 Å². The molecule has 1 heterocycles. The highest BCUT2D eigenvalue weighted by atomic mass is 19.1. The zero-order chi connectivity index (χ0) is 11.5. The van der Waals surface area contributed by atoms with Gasteiger partial charge in [0.15, 0.2) is 0 Å². The van der Waals surface area contributed by atoms with Gasteiger partial charge in [0, 0.05) is 12.1 Å². The van der Waals surface area contributed by atoms with E-state index >= 15 is 0 Å². The van der Waals surface area contributed by atoms with Crippen LogP contribution < -0.4 is 5.73 Å². The minimum Gasteiger partial charge on any atom is -0.448 e. The zero-order valence-electron chi connectivity index (χ0n) is 8.78. The zero-order valence-corrected chi connectivity index (χ0v) is 8.78. The Labute approximate surface area is 92.8 Å². The van der Waals surface area contributed by atoms with E-state index in [-0.39, 0.29) is 12.4 Å². The van der Waals surface area contributed by atoms with E-state index in [0.717, 1.165) is 5.56 Å². The Morgan fingerprint density at radius 1 is 1.50 bits per heavy atom. The first-order valence-electron chi connectivity index (χ1n) is 5.10. The van der Waals surface area contributed by atoms with Crippen LogP contribution in [0.5, 0.6) is 0 Å². The first kappa shape index (κ1) is 10.9. The Hall–Kier alpha value is -1.62. The molecular formula is C11H13FN2O2. The Morgan fingerprint density at radius 2 is 2.31 bits per heavy atom. The van der Waals surface area contributed by atoms with Gasteiger partial charge in [-0.15, -0.1) is 0 Å². The van der Waals surface area contributed by atoms with Crippen molar-refractivity contribution < 1.29 is 13.9 Å².